The molecule has 0 saturated carbocycles. The Balaban J connectivity index is 1.88. The summed E-state index contributed by atoms with van der Waals surface area (Å²) in [5.41, 5.74) is 1.28. The van der Waals surface area contributed by atoms with Crippen LogP contribution in [0.15, 0.2) is 47.1 Å². The highest BCUT2D eigenvalue weighted by Gasteiger charge is 2.12. The number of nitrogens with one attached hydrogen (secondary N) is 1. The maximum absolute atomic E-state index is 5.96. The highest BCUT2D eigenvalue weighted by Crippen LogP contribution is 2.20. The zero-order valence-electron chi connectivity index (χ0n) is 12.7. The molecule has 0 amide bonds. The van der Waals surface area contributed by atoms with Gasteiger partial charge in [0, 0.05) is 17.6 Å². The molecule has 1 N–H and O–H groups in total. The quantitative estimate of drug-likeness (QED) is 0.795. The van der Waals surface area contributed by atoms with E-state index in [2.05, 4.69) is 36.3 Å². The Morgan fingerprint density at radius 3 is 2.62 bits per heavy atom. The predicted molar refractivity (Wildman–Crippen MR) is 87.5 cm³/mol. The lowest BCUT2D eigenvalue weighted by atomic mass is 10.0. The first-order valence-corrected chi connectivity index (χ1v) is 7.76. The fourth-order valence-electron chi connectivity index (χ4n) is 2.43. The molecule has 3 nitrogen and oxygen atoms in total. The van der Waals surface area contributed by atoms with Gasteiger partial charge in [0.05, 0.1) is 12.8 Å². The van der Waals surface area contributed by atoms with Crippen molar-refractivity contribution in [2.24, 2.45) is 0 Å². The third-order valence-corrected chi connectivity index (χ3v) is 3.78. The van der Waals surface area contributed by atoms with E-state index in [1.807, 2.05) is 24.3 Å². The maximum Gasteiger partial charge on any atom is 0.117 e. The summed E-state index contributed by atoms with van der Waals surface area (Å²) in [4.78, 5) is 2.28. The van der Waals surface area contributed by atoms with E-state index in [4.69, 9.17) is 16.0 Å². The lowest BCUT2D eigenvalue weighted by Gasteiger charge is -2.22. The lowest BCUT2D eigenvalue weighted by molar-refractivity contribution is 0.277. The van der Waals surface area contributed by atoms with Crippen molar-refractivity contribution < 1.29 is 4.42 Å². The third-order valence-electron chi connectivity index (χ3n) is 3.53. The van der Waals surface area contributed by atoms with Gasteiger partial charge in [-0.2, -0.15) is 0 Å². The van der Waals surface area contributed by atoms with Crippen LogP contribution in [0.5, 0.6) is 0 Å². The van der Waals surface area contributed by atoms with E-state index in [0.29, 0.717) is 6.04 Å². The minimum atomic E-state index is 0.353. The zero-order valence-corrected chi connectivity index (χ0v) is 13.4. The van der Waals surface area contributed by atoms with Gasteiger partial charge in [0.15, 0.2) is 0 Å². The molecule has 0 bridgehead atoms. The first-order chi connectivity index (χ1) is 10.2. The van der Waals surface area contributed by atoms with Crippen LogP contribution in [0.1, 0.15) is 30.7 Å². The fraction of sp³-hybridized carbons (Fsp3) is 0.412. The first-order valence-electron chi connectivity index (χ1n) is 7.38. The average molecular weight is 307 g/mol. The second-order valence-corrected chi connectivity index (χ2v) is 5.70. The van der Waals surface area contributed by atoms with Crippen LogP contribution in [0.3, 0.4) is 0 Å². The number of furan rings is 1. The van der Waals surface area contributed by atoms with Crippen molar-refractivity contribution in [1.82, 2.24) is 10.2 Å². The van der Waals surface area contributed by atoms with E-state index in [1.54, 1.807) is 6.26 Å². The summed E-state index contributed by atoms with van der Waals surface area (Å²) < 4.78 is 5.38. The summed E-state index contributed by atoms with van der Waals surface area (Å²) in [7, 11) is 2.12. The summed E-state index contributed by atoms with van der Waals surface area (Å²) in [5.74, 6) is 1.00. The van der Waals surface area contributed by atoms with Crippen LogP contribution in [-0.4, -0.2) is 25.0 Å². The Kier molecular flexibility index (Phi) is 6.30. The monoisotopic (exact) mass is 306 g/mol. The number of rotatable bonds is 8. The van der Waals surface area contributed by atoms with E-state index in [-0.39, 0.29) is 0 Å². The molecule has 1 unspecified atom stereocenters. The Morgan fingerprint density at radius 1 is 1.24 bits per heavy atom. The molecule has 1 heterocycles. The summed E-state index contributed by atoms with van der Waals surface area (Å²) >= 11 is 5.96. The molecule has 0 spiro atoms. The van der Waals surface area contributed by atoms with Crippen molar-refractivity contribution >= 4 is 11.6 Å². The fourth-order valence-corrected chi connectivity index (χ4v) is 2.55. The van der Waals surface area contributed by atoms with Crippen molar-refractivity contribution in [3.05, 3.63) is 59.0 Å². The molecule has 0 aliphatic carbocycles. The topological polar surface area (TPSA) is 28.4 Å². The van der Waals surface area contributed by atoms with Crippen LogP contribution in [0, 0.1) is 0 Å². The molecule has 2 aromatic rings. The van der Waals surface area contributed by atoms with Crippen LogP contribution >= 0.6 is 11.6 Å². The number of benzene rings is 1. The second-order valence-electron chi connectivity index (χ2n) is 5.27. The van der Waals surface area contributed by atoms with Gasteiger partial charge in [0.1, 0.15) is 5.76 Å². The van der Waals surface area contributed by atoms with Crippen LogP contribution < -0.4 is 5.32 Å². The molecule has 0 fully saturated rings. The van der Waals surface area contributed by atoms with Crippen LogP contribution in [0.2, 0.25) is 5.02 Å². The predicted octanol–water partition coefficient (Wildman–Crippen LogP) is 4.11. The van der Waals surface area contributed by atoms with Gasteiger partial charge in [0.2, 0.25) is 0 Å². The Labute approximate surface area is 131 Å². The molecule has 0 aliphatic rings. The first kappa shape index (κ1) is 16.1. The SMILES string of the molecule is CCNC(CCN(C)Cc1ccco1)c1ccc(Cl)cc1. The number of hydrogen-bond donors (Lipinski definition) is 1. The van der Waals surface area contributed by atoms with E-state index < -0.39 is 0 Å². The van der Waals surface area contributed by atoms with E-state index in [9.17, 15) is 0 Å². The molecule has 4 heteroatoms. The molecule has 0 radical (unpaired) electrons. The van der Waals surface area contributed by atoms with Gasteiger partial charge in [0.25, 0.3) is 0 Å². The summed E-state index contributed by atoms with van der Waals surface area (Å²) in [6, 6.07) is 12.4. The van der Waals surface area contributed by atoms with Gasteiger partial charge < -0.3 is 9.73 Å². The minimum absolute atomic E-state index is 0.353. The highest BCUT2D eigenvalue weighted by atomic mass is 35.5. The van der Waals surface area contributed by atoms with Crippen LogP contribution in [0.4, 0.5) is 0 Å². The molecule has 114 valence electrons. The smallest absolute Gasteiger partial charge is 0.117 e. The van der Waals surface area contributed by atoms with Crippen molar-refractivity contribution in [3.8, 4) is 0 Å². The molecular weight excluding hydrogens is 284 g/mol. The molecule has 0 saturated heterocycles. The van der Waals surface area contributed by atoms with Crippen molar-refractivity contribution in [2.45, 2.75) is 25.9 Å². The van der Waals surface area contributed by atoms with Gasteiger partial charge in [-0.05, 0) is 49.8 Å². The Hall–Kier alpha value is -1.29. The number of halogens is 1. The molecule has 1 aromatic heterocycles. The maximum atomic E-state index is 5.96. The number of hydrogen-bond acceptors (Lipinski definition) is 3. The Bertz CT molecular complexity index is 510. The van der Waals surface area contributed by atoms with Gasteiger partial charge in [-0.3, -0.25) is 4.90 Å². The lowest BCUT2D eigenvalue weighted by Crippen LogP contribution is -2.27. The van der Waals surface area contributed by atoms with Gasteiger partial charge in [-0.15, -0.1) is 0 Å². The van der Waals surface area contributed by atoms with E-state index in [1.165, 1.54) is 5.56 Å². The van der Waals surface area contributed by atoms with Crippen LogP contribution in [-0.2, 0) is 6.54 Å². The largest absolute Gasteiger partial charge is 0.468 e. The Morgan fingerprint density at radius 2 is 2.00 bits per heavy atom. The average Bonchev–Trinajstić information content (AvgIpc) is 2.97. The number of nitrogens with zero attached hydrogens (tertiary/aromatic N) is 1. The standard InChI is InChI=1S/C17H23ClN2O/c1-3-19-17(14-6-8-15(18)9-7-14)10-11-20(2)13-16-5-4-12-21-16/h4-9,12,17,19H,3,10-11,13H2,1-2H3. The van der Waals surface area contributed by atoms with Crippen molar-refractivity contribution in [2.75, 3.05) is 20.1 Å². The molecule has 2 rings (SSSR count). The normalized spacial score (nSPS) is 12.8. The van der Waals surface area contributed by atoms with E-state index >= 15 is 0 Å². The van der Waals surface area contributed by atoms with Crippen molar-refractivity contribution in [1.29, 1.82) is 0 Å². The molecule has 1 aromatic carbocycles. The van der Waals surface area contributed by atoms with Gasteiger partial charge >= 0.3 is 0 Å². The zero-order chi connectivity index (χ0) is 15.1. The second kappa shape index (κ2) is 8.23. The summed E-state index contributed by atoms with van der Waals surface area (Å²) in [6.07, 6.45) is 2.77. The minimum Gasteiger partial charge on any atom is -0.468 e. The molecular formula is C17H23ClN2O. The van der Waals surface area contributed by atoms with Gasteiger partial charge in [-0.25, -0.2) is 0 Å². The highest BCUT2D eigenvalue weighted by molar-refractivity contribution is 6.30. The summed E-state index contributed by atoms with van der Waals surface area (Å²) in [5, 5.41) is 4.32. The molecule has 0 aliphatic heterocycles. The third kappa shape index (κ3) is 5.20. The summed E-state index contributed by atoms with van der Waals surface area (Å²) in [6.45, 7) is 4.93. The van der Waals surface area contributed by atoms with E-state index in [0.717, 1.165) is 36.8 Å². The van der Waals surface area contributed by atoms with Crippen LogP contribution in [0.25, 0.3) is 0 Å². The molecule has 21 heavy (non-hydrogen) atoms. The van der Waals surface area contributed by atoms with Gasteiger partial charge in [-0.1, -0.05) is 30.7 Å². The molecule has 1 atom stereocenters. The van der Waals surface area contributed by atoms with Crippen molar-refractivity contribution in [3.63, 3.8) is 0 Å².